The number of benzene rings is 1. The molecule has 0 aliphatic heterocycles. The van der Waals surface area contributed by atoms with Crippen molar-refractivity contribution in [3.05, 3.63) is 23.8 Å². The molecule has 1 unspecified atom stereocenters. The van der Waals surface area contributed by atoms with Crippen LogP contribution in [-0.2, 0) is 4.79 Å². The summed E-state index contributed by atoms with van der Waals surface area (Å²) in [6, 6.07) is 5.42. The van der Waals surface area contributed by atoms with Gasteiger partial charge in [-0.05, 0) is 94.7 Å². The van der Waals surface area contributed by atoms with E-state index in [1.807, 2.05) is 39.0 Å². The van der Waals surface area contributed by atoms with Gasteiger partial charge < -0.3 is 25.4 Å². The summed E-state index contributed by atoms with van der Waals surface area (Å²) < 4.78 is 11.3. The van der Waals surface area contributed by atoms with E-state index in [-0.39, 0.29) is 29.9 Å². The maximum Gasteiger partial charge on any atom is 0.315 e. The van der Waals surface area contributed by atoms with Gasteiger partial charge in [0.1, 0.15) is 0 Å². The Morgan fingerprint density at radius 2 is 1.61 bits per heavy atom. The fraction of sp³-hybridized carbons (Fsp3) is 0.692. The van der Waals surface area contributed by atoms with E-state index >= 15 is 0 Å². The molecule has 4 saturated carbocycles. The lowest BCUT2D eigenvalue weighted by Gasteiger charge is -2.56. The fourth-order valence-electron chi connectivity index (χ4n) is 6.57. The Bertz CT molecular complexity index is 821. The number of amides is 3. The number of ether oxygens (including phenoxy) is 2. The quantitative estimate of drug-likeness (QED) is 0.488. The standard InChI is InChI=1S/C26H39N3O4/c1-4-32-22-7-6-21(13-23(22)33-5-2)17(3)28-24(30)8-9-27-25(31)29-26-14-18-10-19(15-26)12-20(11-18)16-26/h6-7,13,17-20H,4-5,8-12,14-16H2,1-3H3,(H,28,30)(H2,27,29,31). The maximum absolute atomic E-state index is 12.6. The number of rotatable bonds is 10. The van der Waals surface area contributed by atoms with Crippen molar-refractivity contribution in [2.45, 2.75) is 77.3 Å². The van der Waals surface area contributed by atoms with E-state index in [2.05, 4.69) is 16.0 Å². The highest BCUT2D eigenvalue weighted by Crippen LogP contribution is 2.55. The van der Waals surface area contributed by atoms with Crippen LogP contribution in [0.3, 0.4) is 0 Å². The lowest BCUT2D eigenvalue weighted by Crippen LogP contribution is -2.61. The van der Waals surface area contributed by atoms with Crippen LogP contribution < -0.4 is 25.4 Å². The third-order valence-electron chi connectivity index (χ3n) is 7.50. The van der Waals surface area contributed by atoms with Crippen molar-refractivity contribution in [3.63, 3.8) is 0 Å². The lowest BCUT2D eigenvalue weighted by atomic mass is 9.53. The molecule has 4 aliphatic rings. The van der Waals surface area contributed by atoms with Gasteiger partial charge in [0.05, 0.1) is 19.3 Å². The Kier molecular flexibility index (Phi) is 7.35. The van der Waals surface area contributed by atoms with Gasteiger partial charge in [-0.25, -0.2) is 4.79 Å². The zero-order valence-electron chi connectivity index (χ0n) is 20.2. The van der Waals surface area contributed by atoms with Crippen molar-refractivity contribution in [2.75, 3.05) is 19.8 Å². The van der Waals surface area contributed by atoms with Gasteiger partial charge in [0.2, 0.25) is 5.91 Å². The monoisotopic (exact) mass is 457 g/mol. The van der Waals surface area contributed by atoms with Crippen molar-refractivity contribution in [1.29, 1.82) is 0 Å². The molecular formula is C26H39N3O4. The fourth-order valence-corrected chi connectivity index (χ4v) is 6.57. The van der Waals surface area contributed by atoms with Crippen LogP contribution in [0.4, 0.5) is 4.79 Å². The van der Waals surface area contributed by atoms with Crippen molar-refractivity contribution in [1.82, 2.24) is 16.0 Å². The van der Waals surface area contributed by atoms with Gasteiger partial charge in [0.15, 0.2) is 11.5 Å². The van der Waals surface area contributed by atoms with Gasteiger partial charge >= 0.3 is 6.03 Å². The molecule has 0 heterocycles. The van der Waals surface area contributed by atoms with Crippen LogP contribution in [0.5, 0.6) is 11.5 Å². The highest BCUT2D eigenvalue weighted by molar-refractivity contribution is 5.78. The summed E-state index contributed by atoms with van der Waals surface area (Å²) in [6.07, 6.45) is 7.65. The minimum Gasteiger partial charge on any atom is -0.490 e. The third-order valence-corrected chi connectivity index (χ3v) is 7.50. The molecule has 0 spiro atoms. The summed E-state index contributed by atoms with van der Waals surface area (Å²) in [5, 5.41) is 9.20. The number of carbonyl (C=O) groups excluding carboxylic acids is 2. The first-order valence-corrected chi connectivity index (χ1v) is 12.6. The first-order valence-electron chi connectivity index (χ1n) is 12.6. The average molecular weight is 458 g/mol. The van der Waals surface area contributed by atoms with E-state index in [0.29, 0.717) is 31.3 Å². The molecule has 0 radical (unpaired) electrons. The molecule has 0 aromatic heterocycles. The summed E-state index contributed by atoms with van der Waals surface area (Å²) >= 11 is 0. The van der Waals surface area contributed by atoms with Crippen LogP contribution in [0.15, 0.2) is 18.2 Å². The van der Waals surface area contributed by atoms with Crippen molar-refractivity contribution < 1.29 is 19.1 Å². The van der Waals surface area contributed by atoms with Crippen molar-refractivity contribution in [2.24, 2.45) is 17.8 Å². The summed E-state index contributed by atoms with van der Waals surface area (Å²) in [7, 11) is 0. The second-order valence-corrected chi connectivity index (χ2v) is 10.2. The minimum atomic E-state index is -0.173. The van der Waals surface area contributed by atoms with Gasteiger partial charge in [0, 0.05) is 18.5 Å². The van der Waals surface area contributed by atoms with E-state index in [0.717, 1.165) is 42.6 Å². The van der Waals surface area contributed by atoms with Crippen LogP contribution in [0.25, 0.3) is 0 Å². The van der Waals surface area contributed by atoms with Crippen molar-refractivity contribution >= 4 is 11.9 Å². The Morgan fingerprint density at radius 1 is 1.00 bits per heavy atom. The molecule has 1 aromatic carbocycles. The van der Waals surface area contributed by atoms with Gasteiger partial charge in [0.25, 0.3) is 0 Å². The van der Waals surface area contributed by atoms with E-state index in [1.165, 1.54) is 19.3 Å². The molecule has 1 atom stereocenters. The SMILES string of the molecule is CCOc1ccc(C(C)NC(=O)CCNC(=O)NC23CC4CC(CC(C4)C2)C3)cc1OCC. The smallest absolute Gasteiger partial charge is 0.315 e. The summed E-state index contributed by atoms with van der Waals surface area (Å²) in [4.78, 5) is 25.0. The highest BCUT2D eigenvalue weighted by atomic mass is 16.5. The van der Waals surface area contributed by atoms with E-state index in [1.54, 1.807) is 0 Å². The van der Waals surface area contributed by atoms with E-state index < -0.39 is 0 Å². The lowest BCUT2D eigenvalue weighted by molar-refractivity contribution is -0.121. The van der Waals surface area contributed by atoms with E-state index in [9.17, 15) is 9.59 Å². The minimum absolute atomic E-state index is 0.0124. The Balaban J connectivity index is 1.22. The van der Waals surface area contributed by atoms with Crippen LogP contribution in [-0.4, -0.2) is 37.2 Å². The van der Waals surface area contributed by atoms with Crippen LogP contribution in [0, 0.1) is 17.8 Å². The Hall–Kier alpha value is -2.44. The van der Waals surface area contributed by atoms with Gasteiger partial charge in [-0.2, -0.15) is 0 Å². The molecule has 0 saturated heterocycles. The maximum atomic E-state index is 12.6. The first-order chi connectivity index (χ1) is 15.9. The summed E-state index contributed by atoms with van der Waals surface area (Å²) in [5.41, 5.74) is 0.935. The predicted octanol–water partition coefficient (Wildman–Crippen LogP) is 4.32. The molecule has 3 N–H and O–H groups in total. The summed E-state index contributed by atoms with van der Waals surface area (Å²) in [6.45, 7) is 7.24. The van der Waals surface area contributed by atoms with Crippen LogP contribution >= 0.6 is 0 Å². The number of carbonyl (C=O) groups is 2. The molecule has 4 aliphatic carbocycles. The zero-order valence-corrected chi connectivity index (χ0v) is 20.2. The van der Waals surface area contributed by atoms with Crippen LogP contribution in [0.2, 0.25) is 0 Å². The molecule has 7 nitrogen and oxygen atoms in total. The molecule has 5 rings (SSSR count). The predicted molar refractivity (Wildman–Crippen MR) is 127 cm³/mol. The van der Waals surface area contributed by atoms with Crippen LogP contribution in [0.1, 0.15) is 77.3 Å². The zero-order chi connectivity index (χ0) is 23.4. The first kappa shape index (κ1) is 23.7. The van der Waals surface area contributed by atoms with E-state index in [4.69, 9.17) is 9.47 Å². The second-order valence-electron chi connectivity index (χ2n) is 10.2. The molecule has 182 valence electrons. The topological polar surface area (TPSA) is 88.7 Å². The molecule has 7 heteroatoms. The van der Waals surface area contributed by atoms with Gasteiger partial charge in [-0.1, -0.05) is 6.07 Å². The van der Waals surface area contributed by atoms with Crippen molar-refractivity contribution in [3.8, 4) is 11.5 Å². The number of urea groups is 1. The largest absolute Gasteiger partial charge is 0.490 e. The average Bonchev–Trinajstić information content (AvgIpc) is 2.74. The number of hydrogen-bond acceptors (Lipinski definition) is 4. The Morgan fingerprint density at radius 3 is 2.21 bits per heavy atom. The molecule has 33 heavy (non-hydrogen) atoms. The van der Waals surface area contributed by atoms with Gasteiger partial charge in [-0.15, -0.1) is 0 Å². The normalized spacial score (nSPS) is 28.2. The number of hydrogen-bond donors (Lipinski definition) is 3. The highest BCUT2D eigenvalue weighted by Gasteiger charge is 2.51. The molecule has 4 fully saturated rings. The number of nitrogens with one attached hydrogen (secondary N) is 3. The molecule has 1 aromatic rings. The third kappa shape index (κ3) is 5.74. The summed E-state index contributed by atoms with van der Waals surface area (Å²) in [5.74, 6) is 3.65. The molecule has 4 bridgehead atoms. The second kappa shape index (κ2) is 10.2. The molecule has 3 amide bonds. The molecular weight excluding hydrogens is 418 g/mol. The van der Waals surface area contributed by atoms with Gasteiger partial charge in [-0.3, -0.25) is 4.79 Å². The Labute approximate surface area is 197 Å².